The number of halogens is 3. The predicted octanol–water partition coefficient (Wildman–Crippen LogP) is 3.13. The van der Waals surface area contributed by atoms with Gasteiger partial charge < -0.3 is 10.6 Å². The summed E-state index contributed by atoms with van der Waals surface area (Å²) in [5.74, 6) is -0.553. The number of hydrogen-bond acceptors (Lipinski definition) is 4. The van der Waals surface area contributed by atoms with E-state index in [0.29, 0.717) is 22.8 Å². The van der Waals surface area contributed by atoms with Crippen LogP contribution >= 0.6 is 36.2 Å². The number of hydrogen-bond donors (Lipinski definition) is 2. The molecule has 4 nitrogen and oxygen atoms in total. The van der Waals surface area contributed by atoms with E-state index in [9.17, 15) is 9.18 Å². The van der Waals surface area contributed by atoms with Crippen molar-refractivity contribution < 1.29 is 9.18 Å². The van der Waals surface area contributed by atoms with E-state index in [1.54, 1.807) is 23.6 Å². The van der Waals surface area contributed by atoms with Crippen LogP contribution in [-0.2, 0) is 0 Å². The minimum Gasteiger partial charge on any atom is -0.351 e. The third-order valence-corrected chi connectivity index (χ3v) is 3.61. The minimum atomic E-state index is -0.331. The molecule has 8 heteroatoms. The molecule has 2 rings (SSSR count). The largest absolute Gasteiger partial charge is 0.351 e. The van der Waals surface area contributed by atoms with Gasteiger partial charge in [0.25, 0.3) is 5.91 Å². The quantitative estimate of drug-likeness (QED) is 0.773. The van der Waals surface area contributed by atoms with Gasteiger partial charge in [-0.2, -0.15) is 0 Å². The molecule has 22 heavy (non-hydrogen) atoms. The van der Waals surface area contributed by atoms with E-state index in [-0.39, 0.29) is 36.5 Å². The average molecular weight is 366 g/mol. The lowest BCUT2D eigenvalue weighted by atomic mass is 10.2. The Kier molecular flexibility index (Phi) is 9.93. The van der Waals surface area contributed by atoms with Crippen LogP contribution in [0.4, 0.5) is 4.39 Å². The van der Waals surface area contributed by atoms with Crippen molar-refractivity contribution in [2.75, 3.05) is 20.1 Å². The zero-order valence-corrected chi connectivity index (χ0v) is 14.4. The Morgan fingerprint density at radius 3 is 2.68 bits per heavy atom. The molecule has 2 aromatic rings. The van der Waals surface area contributed by atoms with Gasteiger partial charge in [0, 0.05) is 17.5 Å². The molecule has 1 amide bonds. The standard InChI is InChI=1S/C14H16FN3OS.2ClH/c1-16-7-4-8-17-13(19)12-9-20-14(18-12)10-5-2-3-6-11(10)15;;/h2-3,5-6,9,16H,4,7-8H2,1H3,(H,17,19);2*1H. The smallest absolute Gasteiger partial charge is 0.270 e. The summed E-state index contributed by atoms with van der Waals surface area (Å²) in [5, 5.41) is 7.96. The molecular formula is C14H18Cl2FN3OS. The minimum absolute atomic E-state index is 0. The second-order valence-electron chi connectivity index (χ2n) is 4.23. The monoisotopic (exact) mass is 365 g/mol. The number of carbonyl (C=O) groups is 1. The third-order valence-electron chi connectivity index (χ3n) is 2.73. The Morgan fingerprint density at radius 1 is 1.27 bits per heavy atom. The van der Waals surface area contributed by atoms with Gasteiger partial charge in [-0.1, -0.05) is 12.1 Å². The Balaban J connectivity index is 0.00000220. The molecular weight excluding hydrogens is 348 g/mol. The molecule has 0 spiro atoms. The second-order valence-corrected chi connectivity index (χ2v) is 5.09. The highest BCUT2D eigenvalue weighted by atomic mass is 35.5. The molecule has 0 saturated carbocycles. The lowest BCUT2D eigenvalue weighted by Gasteiger charge is -2.02. The molecule has 0 unspecified atom stereocenters. The predicted molar refractivity (Wildman–Crippen MR) is 92.9 cm³/mol. The van der Waals surface area contributed by atoms with Gasteiger partial charge in [-0.05, 0) is 32.1 Å². The van der Waals surface area contributed by atoms with Crippen molar-refractivity contribution in [1.29, 1.82) is 0 Å². The second kappa shape index (κ2) is 10.5. The van der Waals surface area contributed by atoms with Crippen LogP contribution < -0.4 is 10.6 Å². The van der Waals surface area contributed by atoms with Crippen molar-refractivity contribution in [1.82, 2.24) is 15.6 Å². The lowest BCUT2D eigenvalue weighted by Crippen LogP contribution is -2.26. The fraction of sp³-hybridized carbons (Fsp3) is 0.286. The van der Waals surface area contributed by atoms with Gasteiger partial charge in [0.2, 0.25) is 0 Å². The summed E-state index contributed by atoms with van der Waals surface area (Å²) in [6, 6.07) is 6.41. The molecule has 0 aliphatic heterocycles. The summed E-state index contributed by atoms with van der Waals surface area (Å²) in [5.41, 5.74) is 0.754. The van der Waals surface area contributed by atoms with E-state index in [1.807, 2.05) is 7.05 Å². The topological polar surface area (TPSA) is 54.0 Å². The van der Waals surface area contributed by atoms with Crippen LogP contribution in [0.25, 0.3) is 10.6 Å². The highest BCUT2D eigenvalue weighted by Crippen LogP contribution is 2.25. The third kappa shape index (κ3) is 5.53. The molecule has 0 radical (unpaired) electrons. The normalized spacial score (nSPS) is 9.55. The highest BCUT2D eigenvalue weighted by molar-refractivity contribution is 7.13. The first kappa shape index (κ1) is 20.8. The first-order valence-corrected chi connectivity index (χ1v) is 7.23. The zero-order valence-electron chi connectivity index (χ0n) is 12.0. The van der Waals surface area contributed by atoms with E-state index < -0.39 is 0 Å². The summed E-state index contributed by atoms with van der Waals surface area (Å²) in [6.45, 7) is 1.43. The maximum atomic E-state index is 13.6. The van der Waals surface area contributed by atoms with Crippen LogP contribution in [0.2, 0.25) is 0 Å². The molecule has 0 aliphatic rings. The molecule has 0 bridgehead atoms. The molecule has 0 atom stereocenters. The van der Waals surface area contributed by atoms with Crippen LogP contribution in [-0.4, -0.2) is 31.0 Å². The fourth-order valence-electron chi connectivity index (χ4n) is 1.69. The van der Waals surface area contributed by atoms with E-state index in [1.165, 1.54) is 17.4 Å². The number of amides is 1. The van der Waals surface area contributed by atoms with E-state index >= 15 is 0 Å². The molecule has 0 saturated heterocycles. The summed E-state index contributed by atoms with van der Waals surface area (Å²) < 4.78 is 13.6. The van der Waals surface area contributed by atoms with E-state index in [0.717, 1.165) is 13.0 Å². The Bertz CT molecular complexity index is 595. The van der Waals surface area contributed by atoms with E-state index in [4.69, 9.17) is 0 Å². The van der Waals surface area contributed by atoms with Crippen molar-refractivity contribution >= 4 is 42.1 Å². The van der Waals surface area contributed by atoms with E-state index in [2.05, 4.69) is 15.6 Å². The average Bonchev–Trinajstić information content (AvgIpc) is 2.93. The van der Waals surface area contributed by atoms with Gasteiger partial charge in [-0.15, -0.1) is 36.2 Å². The molecule has 1 aromatic heterocycles. The summed E-state index contributed by atoms with van der Waals surface area (Å²) >= 11 is 1.26. The van der Waals surface area contributed by atoms with Gasteiger partial charge in [0.15, 0.2) is 0 Å². The summed E-state index contributed by atoms with van der Waals surface area (Å²) in [4.78, 5) is 16.0. The van der Waals surface area contributed by atoms with Crippen LogP contribution in [0.5, 0.6) is 0 Å². The molecule has 2 N–H and O–H groups in total. The van der Waals surface area contributed by atoms with Crippen LogP contribution in [0.15, 0.2) is 29.6 Å². The number of thiazole rings is 1. The highest BCUT2D eigenvalue weighted by Gasteiger charge is 2.13. The van der Waals surface area contributed by atoms with Crippen LogP contribution in [0.1, 0.15) is 16.9 Å². The van der Waals surface area contributed by atoms with Gasteiger partial charge in [-0.3, -0.25) is 4.79 Å². The molecule has 0 aliphatic carbocycles. The van der Waals surface area contributed by atoms with Gasteiger partial charge in [-0.25, -0.2) is 9.37 Å². The number of rotatable bonds is 6. The number of carbonyl (C=O) groups excluding carboxylic acids is 1. The Morgan fingerprint density at radius 2 is 2.00 bits per heavy atom. The van der Waals surface area contributed by atoms with Crippen LogP contribution in [0, 0.1) is 5.82 Å². The van der Waals surface area contributed by atoms with Crippen LogP contribution in [0.3, 0.4) is 0 Å². The van der Waals surface area contributed by atoms with Gasteiger partial charge in [0.1, 0.15) is 16.5 Å². The number of aromatic nitrogens is 1. The van der Waals surface area contributed by atoms with Crippen molar-refractivity contribution in [2.45, 2.75) is 6.42 Å². The fourth-order valence-corrected chi connectivity index (χ4v) is 2.52. The molecule has 1 aromatic carbocycles. The van der Waals surface area contributed by atoms with Crippen molar-refractivity contribution in [3.8, 4) is 10.6 Å². The first-order valence-electron chi connectivity index (χ1n) is 6.35. The first-order chi connectivity index (χ1) is 9.72. The molecule has 122 valence electrons. The lowest BCUT2D eigenvalue weighted by molar-refractivity contribution is 0.0949. The zero-order chi connectivity index (χ0) is 14.4. The molecule has 0 fully saturated rings. The van der Waals surface area contributed by atoms with Crippen molar-refractivity contribution in [3.05, 3.63) is 41.2 Å². The van der Waals surface area contributed by atoms with Crippen molar-refractivity contribution in [3.63, 3.8) is 0 Å². The number of nitrogens with zero attached hydrogens (tertiary/aromatic N) is 1. The summed E-state index contributed by atoms with van der Waals surface area (Å²) in [7, 11) is 1.86. The maximum Gasteiger partial charge on any atom is 0.270 e. The Hall–Kier alpha value is -1.21. The van der Waals surface area contributed by atoms with Gasteiger partial charge >= 0.3 is 0 Å². The summed E-state index contributed by atoms with van der Waals surface area (Å²) in [6.07, 6.45) is 0.854. The number of benzene rings is 1. The Labute approximate surface area is 145 Å². The maximum absolute atomic E-state index is 13.6. The van der Waals surface area contributed by atoms with Crippen molar-refractivity contribution in [2.24, 2.45) is 0 Å². The number of nitrogens with one attached hydrogen (secondary N) is 2. The molecule has 1 heterocycles. The SMILES string of the molecule is CNCCCNC(=O)c1csc(-c2ccccc2F)n1.Cl.Cl. The van der Waals surface area contributed by atoms with Gasteiger partial charge in [0.05, 0.1) is 0 Å².